The second-order valence-corrected chi connectivity index (χ2v) is 9.37. The Labute approximate surface area is 188 Å². The number of fused-ring (bicyclic) bond motifs is 1. The monoisotopic (exact) mass is 441 g/mol. The molecule has 2 N–H and O–H groups in total. The number of benzene rings is 1. The topological polar surface area (TPSA) is 110 Å². The fraction of sp³-hybridized carbons (Fsp3) is 0.500. The van der Waals surface area contributed by atoms with E-state index in [4.69, 9.17) is 9.57 Å². The molecule has 0 unspecified atom stereocenters. The summed E-state index contributed by atoms with van der Waals surface area (Å²) in [5.41, 5.74) is -0.664. The van der Waals surface area contributed by atoms with Crippen molar-refractivity contribution >= 4 is 28.4 Å². The third-order valence-corrected chi connectivity index (χ3v) is 5.40. The van der Waals surface area contributed by atoms with Gasteiger partial charge < -0.3 is 20.0 Å². The van der Waals surface area contributed by atoms with E-state index in [0.29, 0.717) is 11.4 Å². The van der Waals surface area contributed by atoms with Gasteiger partial charge >= 0.3 is 5.97 Å². The summed E-state index contributed by atoms with van der Waals surface area (Å²) in [6.07, 6.45) is 1.78. The molecular formula is C24H31N3O5. The molecule has 8 nitrogen and oxygen atoms in total. The molecule has 0 aliphatic carbocycles. The maximum absolute atomic E-state index is 13.3. The molecule has 0 spiro atoms. The summed E-state index contributed by atoms with van der Waals surface area (Å²) >= 11 is 0. The van der Waals surface area contributed by atoms with Gasteiger partial charge in [-0.15, -0.1) is 0 Å². The number of aromatic nitrogens is 1. The lowest BCUT2D eigenvalue weighted by molar-refractivity contribution is -0.157. The lowest BCUT2D eigenvalue weighted by atomic mass is 9.83. The molecule has 0 fully saturated rings. The summed E-state index contributed by atoms with van der Waals surface area (Å²) in [6.45, 7) is 8.62. The van der Waals surface area contributed by atoms with Crippen molar-refractivity contribution in [2.24, 2.45) is 11.1 Å². The Kier molecular flexibility index (Phi) is 6.83. The van der Waals surface area contributed by atoms with Crippen LogP contribution in [0.3, 0.4) is 0 Å². The van der Waals surface area contributed by atoms with Gasteiger partial charge in [0.15, 0.2) is 0 Å². The van der Waals surface area contributed by atoms with Crippen molar-refractivity contribution < 1.29 is 24.3 Å². The molecule has 1 amide bonds. The highest BCUT2D eigenvalue weighted by Gasteiger charge is 2.50. The van der Waals surface area contributed by atoms with E-state index in [9.17, 15) is 14.7 Å². The van der Waals surface area contributed by atoms with Gasteiger partial charge in [0, 0.05) is 23.9 Å². The Morgan fingerprint density at radius 2 is 1.97 bits per heavy atom. The minimum Gasteiger partial charge on any atom is -0.460 e. The first kappa shape index (κ1) is 23.7. The molecule has 0 saturated carbocycles. The van der Waals surface area contributed by atoms with Crippen LogP contribution in [0.4, 0.5) is 0 Å². The van der Waals surface area contributed by atoms with E-state index in [1.165, 1.54) is 0 Å². The van der Waals surface area contributed by atoms with Crippen LogP contribution < -0.4 is 5.32 Å². The van der Waals surface area contributed by atoms with Crippen LogP contribution in [0.5, 0.6) is 0 Å². The Balaban J connectivity index is 1.77. The number of carbonyl (C=O) groups is 2. The van der Waals surface area contributed by atoms with Crippen molar-refractivity contribution in [2.75, 3.05) is 6.61 Å². The molecule has 32 heavy (non-hydrogen) atoms. The van der Waals surface area contributed by atoms with Crippen molar-refractivity contribution in [2.45, 2.75) is 64.7 Å². The summed E-state index contributed by atoms with van der Waals surface area (Å²) in [7, 11) is 0. The second kappa shape index (κ2) is 9.24. The molecule has 2 aromatic rings. The van der Waals surface area contributed by atoms with Gasteiger partial charge in [0.1, 0.15) is 11.3 Å². The first-order chi connectivity index (χ1) is 15.1. The van der Waals surface area contributed by atoms with Crippen LogP contribution in [-0.2, 0) is 19.2 Å². The van der Waals surface area contributed by atoms with E-state index in [-0.39, 0.29) is 18.8 Å². The van der Waals surface area contributed by atoms with Gasteiger partial charge in [-0.25, -0.2) is 0 Å². The van der Waals surface area contributed by atoms with Crippen LogP contribution in [0.15, 0.2) is 41.7 Å². The van der Waals surface area contributed by atoms with Crippen LogP contribution in [-0.4, -0.2) is 51.5 Å². The standard InChI is InChI=1S/C24H31N3O5/c1-15(2)24(22(30)26-17(14-28)12-20(29)31-23(3,4)5)13-19(27-32-24)21-18-9-7-6-8-16(18)10-11-25-21/h6-11,15,17,28H,12-14H2,1-5H3,(H,26,30)/t17-,24+/m0/s1. The Hall–Kier alpha value is -3.00. The largest absolute Gasteiger partial charge is 0.460 e. The van der Waals surface area contributed by atoms with Gasteiger partial charge in [0.2, 0.25) is 5.60 Å². The molecule has 8 heteroatoms. The first-order valence-corrected chi connectivity index (χ1v) is 10.8. The van der Waals surface area contributed by atoms with Crippen LogP contribution in [0.25, 0.3) is 10.8 Å². The third-order valence-electron chi connectivity index (χ3n) is 5.40. The fourth-order valence-corrected chi connectivity index (χ4v) is 3.67. The SMILES string of the molecule is CC(C)[C@@]1(C(=O)N[C@H](CO)CC(=O)OC(C)(C)C)CC(c2nccc3ccccc23)=NO1. The van der Waals surface area contributed by atoms with Gasteiger partial charge in [-0.05, 0) is 32.2 Å². The molecule has 0 bridgehead atoms. The van der Waals surface area contributed by atoms with Gasteiger partial charge in [-0.2, -0.15) is 0 Å². The highest BCUT2D eigenvalue weighted by molar-refractivity contribution is 6.11. The number of oxime groups is 1. The van der Waals surface area contributed by atoms with Crippen LogP contribution in [0.1, 0.15) is 53.2 Å². The van der Waals surface area contributed by atoms with Gasteiger partial charge in [0.25, 0.3) is 5.91 Å². The molecule has 2 heterocycles. The molecule has 0 radical (unpaired) electrons. The second-order valence-electron chi connectivity index (χ2n) is 9.37. The summed E-state index contributed by atoms with van der Waals surface area (Å²) in [5, 5.41) is 18.7. The molecule has 1 aromatic carbocycles. The maximum atomic E-state index is 13.3. The smallest absolute Gasteiger partial charge is 0.308 e. The quantitative estimate of drug-likeness (QED) is 0.639. The Morgan fingerprint density at radius 3 is 2.62 bits per heavy atom. The van der Waals surface area contributed by atoms with E-state index in [0.717, 1.165) is 10.8 Å². The molecule has 1 aliphatic heterocycles. The van der Waals surface area contributed by atoms with Gasteiger partial charge in [0.05, 0.1) is 24.8 Å². The van der Waals surface area contributed by atoms with Crippen LogP contribution in [0, 0.1) is 5.92 Å². The number of esters is 1. The van der Waals surface area contributed by atoms with Crippen molar-refractivity contribution in [1.29, 1.82) is 0 Å². The fourth-order valence-electron chi connectivity index (χ4n) is 3.67. The molecule has 3 rings (SSSR count). The number of ether oxygens (including phenoxy) is 1. The van der Waals surface area contributed by atoms with Gasteiger partial charge in [-0.1, -0.05) is 43.3 Å². The average molecular weight is 442 g/mol. The van der Waals surface area contributed by atoms with E-state index < -0.39 is 35.7 Å². The lowest BCUT2D eigenvalue weighted by Crippen LogP contribution is -2.54. The predicted molar refractivity (Wildman–Crippen MR) is 121 cm³/mol. The zero-order valence-corrected chi connectivity index (χ0v) is 19.2. The van der Waals surface area contributed by atoms with Gasteiger partial charge in [-0.3, -0.25) is 14.6 Å². The minimum absolute atomic E-state index is 0.147. The molecule has 2 atom stereocenters. The first-order valence-electron chi connectivity index (χ1n) is 10.8. The molecular weight excluding hydrogens is 410 g/mol. The minimum atomic E-state index is -1.27. The van der Waals surface area contributed by atoms with E-state index in [1.54, 1.807) is 27.0 Å². The number of carbonyl (C=O) groups excluding carboxylic acids is 2. The number of rotatable bonds is 7. The zero-order chi connectivity index (χ0) is 23.5. The number of hydrogen-bond acceptors (Lipinski definition) is 7. The molecule has 0 saturated heterocycles. The predicted octanol–water partition coefficient (Wildman–Crippen LogP) is 2.96. The number of pyridine rings is 1. The summed E-state index contributed by atoms with van der Waals surface area (Å²) < 4.78 is 5.30. The Morgan fingerprint density at radius 1 is 1.25 bits per heavy atom. The summed E-state index contributed by atoms with van der Waals surface area (Å²) in [6, 6.07) is 8.94. The van der Waals surface area contributed by atoms with E-state index >= 15 is 0 Å². The van der Waals surface area contributed by atoms with Crippen molar-refractivity contribution in [3.63, 3.8) is 0 Å². The van der Waals surface area contributed by atoms with Crippen LogP contribution >= 0.6 is 0 Å². The van der Waals surface area contributed by atoms with E-state index in [1.807, 2.05) is 44.2 Å². The van der Waals surface area contributed by atoms with Crippen molar-refractivity contribution in [1.82, 2.24) is 10.3 Å². The Bertz CT molecular complexity index is 1020. The molecule has 172 valence electrons. The number of hydrogen-bond donors (Lipinski definition) is 2. The molecule has 1 aliphatic rings. The van der Waals surface area contributed by atoms with Crippen molar-refractivity contribution in [3.8, 4) is 0 Å². The third kappa shape index (κ3) is 5.07. The summed E-state index contributed by atoms with van der Waals surface area (Å²) in [5.74, 6) is -1.16. The highest BCUT2D eigenvalue weighted by Crippen LogP contribution is 2.35. The lowest BCUT2D eigenvalue weighted by Gasteiger charge is -2.31. The number of aliphatic hydroxyl groups is 1. The van der Waals surface area contributed by atoms with Crippen molar-refractivity contribution in [3.05, 3.63) is 42.2 Å². The average Bonchev–Trinajstić information content (AvgIpc) is 3.18. The highest BCUT2D eigenvalue weighted by atomic mass is 16.7. The van der Waals surface area contributed by atoms with Crippen LogP contribution in [0.2, 0.25) is 0 Å². The number of nitrogens with zero attached hydrogens (tertiary/aromatic N) is 2. The zero-order valence-electron chi connectivity index (χ0n) is 19.2. The number of amides is 1. The molecule has 1 aromatic heterocycles. The summed E-state index contributed by atoms with van der Waals surface area (Å²) in [4.78, 5) is 35.7. The van der Waals surface area contributed by atoms with E-state index in [2.05, 4.69) is 15.5 Å². The number of nitrogens with one attached hydrogen (secondary N) is 1. The number of aliphatic hydroxyl groups excluding tert-OH is 1. The maximum Gasteiger partial charge on any atom is 0.308 e. The normalized spacial score (nSPS) is 19.4.